The van der Waals surface area contributed by atoms with E-state index in [2.05, 4.69) is 24.8 Å². The minimum atomic E-state index is -4.50. The third-order valence-electron chi connectivity index (χ3n) is 8.43. The van der Waals surface area contributed by atoms with Crippen molar-refractivity contribution in [3.8, 4) is 11.5 Å². The van der Waals surface area contributed by atoms with Crippen molar-refractivity contribution in [2.45, 2.75) is 32.9 Å². The summed E-state index contributed by atoms with van der Waals surface area (Å²) in [4.78, 5) is 17.3. The number of fused-ring (bicyclic) bond motifs is 2. The molecule has 1 atom stereocenters. The molecule has 1 aliphatic heterocycles. The normalized spacial score (nSPS) is 13.6. The fourth-order valence-electron chi connectivity index (χ4n) is 6.24. The van der Waals surface area contributed by atoms with Gasteiger partial charge in [0.05, 0.1) is 17.7 Å². The molecule has 0 saturated carbocycles. The third kappa shape index (κ3) is 6.28. The number of rotatable bonds is 9. The van der Waals surface area contributed by atoms with Crippen molar-refractivity contribution in [3.63, 3.8) is 0 Å². The number of para-hydroxylation sites is 1. The van der Waals surface area contributed by atoms with Gasteiger partial charge in [0.15, 0.2) is 0 Å². The molecule has 0 amide bonds. The Kier molecular flexibility index (Phi) is 8.94. The zero-order valence-corrected chi connectivity index (χ0v) is 26.4. The lowest BCUT2D eigenvalue weighted by Gasteiger charge is -2.33. The van der Waals surface area contributed by atoms with Crippen molar-refractivity contribution in [1.29, 1.82) is 0 Å². The monoisotopic (exact) mass is 636 g/mol. The maximum absolute atomic E-state index is 13.8. The summed E-state index contributed by atoms with van der Waals surface area (Å²) in [6.45, 7) is 7.86. The van der Waals surface area contributed by atoms with Crippen LogP contribution in [0.5, 0.6) is 11.5 Å². The average molecular weight is 637 g/mol. The molecule has 5 nitrogen and oxygen atoms in total. The average Bonchev–Trinajstić information content (AvgIpc) is 3.08. The largest absolute Gasteiger partial charge is 0.462 e. The summed E-state index contributed by atoms with van der Waals surface area (Å²) in [5.74, 6) is 0.414. The molecule has 1 aliphatic rings. The highest BCUT2D eigenvalue weighted by Crippen LogP contribution is 2.51. The molecule has 0 radical (unpaired) electrons. The van der Waals surface area contributed by atoms with E-state index in [4.69, 9.17) is 9.47 Å². The van der Waals surface area contributed by atoms with Gasteiger partial charge in [-0.2, -0.15) is 13.2 Å². The second-order valence-corrected chi connectivity index (χ2v) is 11.2. The Labute approximate surface area is 272 Å². The molecule has 0 spiro atoms. The van der Waals surface area contributed by atoms with E-state index in [-0.39, 0.29) is 6.61 Å². The Morgan fingerprint density at radius 1 is 0.681 bits per heavy atom. The molecule has 0 aromatic heterocycles. The molecule has 8 heteroatoms. The number of hydrogen-bond donors (Lipinski definition) is 0. The molecular formula is C39H35F3N2O3. The number of carbonyl (C=O) groups is 1. The summed E-state index contributed by atoms with van der Waals surface area (Å²) < 4.78 is 53.6. The Morgan fingerprint density at radius 3 is 2.09 bits per heavy atom. The Morgan fingerprint density at radius 2 is 1.36 bits per heavy atom. The van der Waals surface area contributed by atoms with E-state index in [1.807, 2.05) is 78.9 Å². The zero-order chi connectivity index (χ0) is 33.1. The van der Waals surface area contributed by atoms with Crippen LogP contribution >= 0.6 is 0 Å². The molecule has 0 bridgehead atoms. The van der Waals surface area contributed by atoms with E-state index in [1.165, 1.54) is 6.07 Å². The first-order chi connectivity index (χ1) is 22.7. The van der Waals surface area contributed by atoms with Crippen LogP contribution in [0.15, 0.2) is 115 Å². The van der Waals surface area contributed by atoms with Gasteiger partial charge in [-0.25, -0.2) is 4.79 Å². The van der Waals surface area contributed by atoms with Crippen molar-refractivity contribution in [1.82, 2.24) is 0 Å². The Hall–Kier alpha value is -5.24. The predicted molar refractivity (Wildman–Crippen MR) is 180 cm³/mol. The number of halogens is 3. The lowest BCUT2D eigenvalue weighted by atomic mass is 9.80. The van der Waals surface area contributed by atoms with Crippen molar-refractivity contribution in [2.75, 3.05) is 29.5 Å². The van der Waals surface area contributed by atoms with Crippen LogP contribution in [0.25, 0.3) is 0 Å². The molecule has 0 saturated heterocycles. The molecular weight excluding hydrogens is 601 g/mol. The van der Waals surface area contributed by atoms with E-state index >= 15 is 0 Å². The van der Waals surface area contributed by atoms with Crippen molar-refractivity contribution in [2.24, 2.45) is 0 Å². The Balaban J connectivity index is 1.56. The minimum absolute atomic E-state index is 0.231. The predicted octanol–water partition coefficient (Wildman–Crippen LogP) is 10.5. The van der Waals surface area contributed by atoms with Gasteiger partial charge in [0.2, 0.25) is 0 Å². The number of carbonyl (C=O) groups excluding carboxylic acids is 1. The summed E-state index contributed by atoms with van der Waals surface area (Å²) in [6, 6.07) is 33.7. The fraction of sp³-hybridized carbons (Fsp3) is 0.205. The van der Waals surface area contributed by atoms with Gasteiger partial charge < -0.3 is 19.3 Å². The summed E-state index contributed by atoms with van der Waals surface area (Å²) in [5.41, 5.74) is 4.79. The number of benzene rings is 5. The van der Waals surface area contributed by atoms with Crippen LogP contribution in [0.3, 0.4) is 0 Å². The van der Waals surface area contributed by atoms with Gasteiger partial charge in [0.1, 0.15) is 11.5 Å². The van der Waals surface area contributed by atoms with Gasteiger partial charge in [0.25, 0.3) is 0 Å². The van der Waals surface area contributed by atoms with Gasteiger partial charge >= 0.3 is 12.1 Å². The van der Waals surface area contributed by atoms with Crippen molar-refractivity contribution < 1.29 is 27.4 Å². The molecule has 0 fully saturated rings. The lowest BCUT2D eigenvalue weighted by Crippen LogP contribution is -2.22. The molecule has 0 aliphatic carbocycles. The maximum Gasteiger partial charge on any atom is 0.416 e. The lowest BCUT2D eigenvalue weighted by molar-refractivity contribution is -0.137. The van der Waals surface area contributed by atoms with Gasteiger partial charge in [-0.3, -0.25) is 0 Å². The van der Waals surface area contributed by atoms with Gasteiger partial charge in [-0.15, -0.1) is 0 Å². The van der Waals surface area contributed by atoms with Gasteiger partial charge in [-0.05, 0) is 87.0 Å². The Bertz CT molecular complexity index is 1890. The summed E-state index contributed by atoms with van der Waals surface area (Å²) in [7, 11) is 0. The van der Waals surface area contributed by atoms with E-state index in [0.29, 0.717) is 34.1 Å². The van der Waals surface area contributed by atoms with Crippen LogP contribution in [-0.4, -0.2) is 25.7 Å². The van der Waals surface area contributed by atoms with E-state index in [9.17, 15) is 18.0 Å². The topological polar surface area (TPSA) is 42.0 Å². The highest BCUT2D eigenvalue weighted by molar-refractivity contribution is 5.92. The first kappa shape index (κ1) is 31.7. The number of ether oxygens (including phenoxy) is 2. The second-order valence-electron chi connectivity index (χ2n) is 11.2. The second kappa shape index (κ2) is 13.2. The molecule has 1 heterocycles. The van der Waals surface area contributed by atoms with Crippen LogP contribution in [0.2, 0.25) is 0 Å². The first-order valence-corrected chi connectivity index (χ1v) is 15.7. The number of anilines is 4. The quantitative estimate of drug-likeness (QED) is 0.148. The molecule has 1 unspecified atom stereocenters. The zero-order valence-electron chi connectivity index (χ0n) is 26.4. The SMILES string of the molecule is CCOC(=O)c1ccccc1C1c2ccc(N(CC)CC)cc2Oc2ccc(N(c3ccccc3)c3cccc(C(F)(F)F)c3)cc21. The highest BCUT2D eigenvalue weighted by Gasteiger charge is 2.34. The number of nitrogens with zero attached hydrogens (tertiary/aromatic N) is 2. The van der Waals surface area contributed by atoms with Crippen LogP contribution in [-0.2, 0) is 10.9 Å². The van der Waals surface area contributed by atoms with E-state index < -0.39 is 23.6 Å². The third-order valence-corrected chi connectivity index (χ3v) is 8.43. The number of hydrogen-bond acceptors (Lipinski definition) is 5. The van der Waals surface area contributed by atoms with Crippen LogP contribution in [0.1, 0.15) is 59.3 Å². The van der Waals surface area contributed by atoms with Crippen molar-refractivity contribution in [3.05, 3.63) is 143 Å². The minimum Gasteiger partial charge on any atom is -0.462 e. The van der Waals surface area contributed by atoms with Gasteiger partial charge in [0, 0.05) is 59.0 Å². The molecule has 47 heavy (non-hydrogen) atoms. The van der Waals surface area contributed by atoms with Crippen molar-refractivity contribution >= 4 is 28.7 Å². The first-order valence-electron chi connectivity index (χ1n) is 15.7. The number of esters is 1. The van der Waals surface area contributed by atoms with Gasteiger partial charge in [-0.1, -0.05) is 48.5 Å². The molecule has 240 valence electrons. The summed E-state index contributed by atoms with van der Waals surface area (Å²) in [5, 5.41) is 0. The van der Waals surface area contributed by atoms with Crippen LogP contribution < -0.4 is 14.5 Å². The standard InChI is InChI=1S/C39H35F3N2O3/c1-4-43(5-2)28-19-21-33-36(25-28)47-35-22-20-30(24-34(35)37(33)31-17-10-11-18-32(31)38(45)46-6-3)44(27-14-8-7-9-15-27)29-16-12-13-26(23-29)39(40,41)42/h7-25,37H,4-6H2,1-3H3. The van der Waals surface area contributed by atoms with E-state index in [0.717, 1.165) is 47.6 Å². The van der Waals surface area contributed by atoms with Crippen LogP contribution in [0.4, 0.5) is 35.9 Å². The molecule has 6 rings (SSSR count). The van der Waals surface area contributed by atoms with E-state index in [1.54, 1.807) is 24.0 Å². The number of alkyl halides is 3. The smallest absolute Gasteiger partial charge is 0.416 e. The fourth-order valence-corrected chi connectivity index (χ4v) is 6.24. The maximum atomic E-state index is 13.8. The summed E-state index contributed by atoms with van der Waals surface area (Å²) in [6.07, 6.45) is -4.50. The molecule has 0 N–H and O–H groups in total. The summed E-state index contributed by atoms with van der Waals surface area (Å²) >= 11 is 0. The molecule has 5 aromatic carbocycles. The molecule has 5 aromatic rings. The highest BCUT2D eigenvalue weighted by atomic mass is 19.4. The van der Waals surface area contributed by atoms with Crippen LogP contribution in [0, 0.1) is 0 Å².